The van der Waals surface area contributed by atoms with Gasteiger partial charge in [0.15, 0.2) is 0 Å². The maximum atomic E-state index is 11.5. The number of para-hydroxylation sites is 2. The van der Waals surface area contributed by atoms with E-state index in [0.29, 0.717) is 17.8 Å². The minimum absolute atomic E-state index is 0.0292. The van der Waals surface area contributed by atoms with E-state index in [0.717, 1.165) is 17.9 Å². The molecule has 0 aromatic heterocycles. The molecule has 1 amide bonds. The highest BCUT2D eigenvalue weighted by Gasteiger charge is 2.03. The molecule has 0 saturated carbocycles. The first-order valence-corrected chi connectivity index (χ1v) is 6.61. The molecule has 3 N–H and O–H groups in total. The van der Waals surface area contributed by atoms with E-state index in [1.54, 1.807) is 17.8 Å². The standard InChI is InChI=1S/C12H18N2OS/c1-2-8-16-9-7-12(15)14-11-6-4-3-5-10(11)13/h3-6H,2,7-9,13H2,1H3,(H,14,15). The first-order chi connectivity index (χ1) is 7.74. The van der Waals surface area contributed by atoms with Gasteiger partial charge in [0.05, 0.1) is 11.4 Å². The fraction of sp³-hybridized carbons (Fsp3) is 0.417. The van der Waals surface area contributed by atoms with Crippen molar-refractivity contribution in [3.63, 3.8) is 0 Å². The molecule has 0 unspecified atom stereocenters. The number of carbonyl (C=O) groups excluding carboxylic acids is 1. The van der Waals surface area contributed by atoms with Crippen LogP contribution in [0.1, 0.15) is 19.8 Å². The average molecular weight is 238 g/mol. The van der Waals surface area contributed by atoms with E-state index in [-0.39, 0.29) is 5.91 Å². The summed E-state index contributed by atoms with van der Waals surface area (Å²) in [6.45, 7) is 2.14. The van der Waals surface area contributed by atoms with Gasteiger partial charge in [0.25, 0.3) is 0 Å². The zero-order chi connectivity index (χ0) is 11.8. The van der Waals surface area contributed by atoms with Gasteiger partial charge in [0, 0.05) is 12.2 Å². The van der Waals surface area contributed by atoms with Gasteiger partial charge in [0.2, 0.25) is 5.91 Å². The fourth-order valence-corrected chi connectivity index (χ4v) is 2.06. The van der Waals surface area contributed by atoms with Crippen LogP contribution in [0.2, 0.25) is 0 Å². The third kappa shape index (κ3) is 4.57. The second-order valence-electron chi connectivity index (χ2n) is 3.50. The summed E-state index contributed by atoms with van der Waals surface area (Å²) in [7, 11) is 0. The summed E-state index contributed by atoms with van der Waals surface area (Å²) < 4.78 is 0. The Balaban J connectivity index is 2.32. The van der Waals surface area contributed by atoms with Crippen LogP contribution in [-0.4, -0.2) is 17.4 Å². The first-order valence-electron chi connectivity index (χ1n) is 5.46. The third-order valence-corrected chi connectivity index (χ3v) is 3.25. The Kier molecular flexibility index (Phi) is 5.78. The van der Waals surface area contributed by atoms with E-state index in [4.69, 9.17) is 5.73 Å². The number of anilines is 2. The summed E-state index contributed by atoms with van der Waals surface area (Å²) in [5.41, 5.74) is 7.04. The summed E-state index contributed by atoms with van der Waals surface area (Å²) >= 11 is 1.80. The molecule has 0 radical (unpaired) electrons. The molecule has 0 saturated heterocycles. The third-order valence-electron chi connectivity index (χ3n) is 2.06. The van der Waals surface area contributed by atoms with Crippen molar-refractivity contribution in [1.82, 2.24) is 0 Å². The van der Waals surface area contributed by atoms with Crippen molar-refractivity contribution in [3.05, 3.63) is 24.3 Å². The summed E-state index contributed by atoms with van der Waals surface area (Å²) in [5.74, 6) is 2.01. The lowest BCUT2D eigenvalue weighted by Crippen LogP contribution is -2.13. The van der Waals surface area contributed by atoms with Crippen LogP contribution in [0.15, 0.2) is 24.3 Å². The quantitative estimate of drug-likeness (QED) is 0.592. The number of nitrogens with one attached hydrogen (secondary N) is 1. The van der Waals surface area contributed by atoms with Crippen LogP contribution in [0.5, 0.6) is 0 Å². The molecule has 3 nitrogen and oxygen atoms in total. The number of nitrogen functional groups attached to an aromatic ring is 1. The molecule has 88 valence electrons. The lowest BCUT2D eigenvalue weighted by atomic mass is 10.2. The van der Waals surface area contributed by atoms with Crippen molar-refractivity contribution in [3.8, 4) is 0 Å². The molecule has 1 rings (SSSR count). The Morgan fingerprint density at radius 2 is 2.12 bits per heavy atom. The van der Waals surface area contributed by atoms with Gasteiger partial charge in [0.1, 0.15) is 0 Å². The van der Waals surface area contributed by atoms with E-state index in [1.807, 2.05) is 18.2 Å². The van der Waals surface area contributed by atoms with Crippen molar-refractivity contribution in [2.24, 2.45) is 0 Å². The van der Waals surface area contributed by atoms with Crippen LogP contribution in [0, 0.1) is 0 Å². The summed E-state index contributed by atoms with van der Waals surface area (Å²) in [6.07, 6.45) is 1.69. The van der Waals surface area contributed by atoms with Crippen molar-refractivity contribution < 1.29 is 4.79 Å². The smallest absolute Gasteiger partial charge is 0.225 e. The molecule has 0 atom stereocenters. The van der Waals surface area contributed by atoms with E-state index >= 15 is 0 Å². The maximum absolute atomic E-state index is 11.5. The summed E-state index contributed by atoms with van der Waals surface area (Å²) in [6, 6.07) is 7.30. The van der Waals surface area contributed by atoms with Crippen LogP contribution in [0.4, 0.5) is 11.4 Å². The Hall–Kier alpha value is -1.16. The van der Waals surface area contributed by atoms with Gasteiger partial charge in [-0.15, -0.1) is 0 Å². The van der Waals surface area contributed by atoms with Gasteiger partial charge >= 0.3 is 0 Å². The van der Waals surface area contributed by atoms with Gasteiger partial charge in [-0.1, -0.05) is 19.1 Å². The second-order valence-corrected chi connectivity index (χ2v) is 4.72. The van der Waals surface area contributed by atoms with Crippen LogP contribution in [0.25, 0.3) is 0 Å². The molecule has 0 aliphatic rings. The first kappa shape index (κ1) is 12.9. The molecule has 4 heteroatoms. The summed E-state index contributed by atoms with van der Waals surface area (Å²) in [4.78, 5) is 11.5. The van der Waals surface area contributed by atoms with Crippen molar-refractivity contribution >= 4 is 29.0 Å². The molecule has 1 aromatic rings. The zero-order valence-corrected chi connectivity index (χ0v) is 10.3. The number of rotatable bonds is 6. The molecule has 16 heavy (non-hydrogen) atoms. The predicted octanol–water partition coefficient (Wildman–Crippen LogP) is 2.74. The lowest BCUT2D eigenvalue weighted by Gasteiger charge is -2.07. The van der Waals surface area contributed by atoms with Gasteiger partial charge in [-0.25, -0.2) is 0 Å². The van der Waals surface area contributed by atoms with Gasteiger partial charge < -0.3 is 11.1 Å². The van der Waals surface area contributed by atoms with E-state index in [9.17, 15) is 4.79 Å². The Labute approximate surface area is 101 Å². The highest BCUT2D eigenvalue weighted by atomic mass is 32.2. The van der Waals surface area contributed by atoms with Gasteiger partial charge in [-0.3, -0.25) is 4.79 Å². The van der Waals surface area contributed by atoms with E-state index < -0.39 is 0 Å². The number of thioether (sulfide) groups is 1. The minimum Gasteiger partial charge on any atom is -0.397 e. The molecular weight excluding hydrogens is 220 g/mol. The predicted molar refractivity (Wildman–Crippen MR) is 71.7 cm³/mol. The highest BCUT2D eigenvalue weighted by molar-refractivity contribution is 7.99. The largest absolute Gasteiger partial charge is 0.397 e. The van der Waals surface area contributed by atoms with Gasteiger partial charge in [-0.05, 0) is 24.3 Å². The zero-order valence-electron chi connectivity index (χ0n) is 9.53. The number of benzene rings is 1. The Bertz CT molecular complexity index is 342. The lowest BCUT2D eigenvalue weighted by molar-refractivity contribution is -0.115. The summed E-state index contributed by atoms with van der Waals surface area (Å²) in [5, 5.41) is 2.81. The second kappa shape index (κ2) is 7.17. The molecule has 1 aromatic carbocycles. The SMILES string of the molecule is CCCSCCC(=O)Nc1ccccc1N. The number of amides is 1. The number of hydrogen-bond acceptors (Lipinski definition) is 3. The number of hydrogen-bond donors (Lipinski definition) is 2. The van der Waals surface area contributed by atoms with Crippen molar-refractivity contribution in [2.75, 3.05) is 22.6 Å². The van der Waals surface area contributed by atoms with Gasteiger partial charge in [-0.2, -0.15) is 11.8 Å². The molecule has 0 heterocycles. The van der Waals surface area contributed by atoms with Crippen LogP contribution >= 0.6 is 11.8 Å². The van der Waals surface area contributed by atoms with E-state index in [1.165, 1.54) is 0 Å². The monoisotopic (exact) mass is 238 g/mol. The van der Waals surface area contributed by atoms with E-state index in [2.05, 4.69) is 12.2 Å². The molecule has 0 aliphatic carbocycles. The highest BCUT2D eigenvalue weighted by Crippen LogP contribution is 2.17. The van der Waals surface area contributed by atoms with Crippen LogP contribution < -0.4 is 11.1 Å². The molecule has 0 aliphatic heterocycles. The number of carbonyl (C=O) groups is 1. The Morgan fingerprint density at radius 3 is 2.81 bits per heavy atom. The van der Waals surface area contributed by atoms with Crippen LogP contribution in [0.3, 0.4) is 0 Å². The number of nitrogens with two attached hydrogens (primary N) is 1. The molecule has 0 fully saturated rings. The molecule has 0 spiro atoms. The fourth-order valence-electron chi connectivity index (χ4n) is 1.23. The maximum Gasteiger partial charge on any atom is 0.225 e. The minimum atomic E-state index is 0.0292. The average Bonchev–Trinajstić information content (AvgIpc) is 2.28. The molecule has 0 bridgehead atoms. The van der Waals surface area contributed by atoms with Crippen LogP contribution in [-0.2, 0) is 4.79 Å². The normalized spacial score (nSPS) is 10.1. The topological polar surface area (TPSA) is 55.1 Å². The Morgan fingerprint density at radius 1 is 1.38 bits per heavy atom. The van der Waals surface area contributed by atoms with Crippen molar-refractivity contribution in [2.45, 2.75) is 19.8 Å². The van der Waals surface area contributed by atoms with Crippen molar-refractivity contribution in [1.29, 1.82) is 0 Å². The molecular formula is C12H18N2OS.